The van der Waals surface area contributed by atoms with Crippen LogP contribution >= 0.6 is 0 Å². The van der Waals surface area contributed by atoms with Gasteiger partial charge >= 0.3 is 0 Å². The highest BCUT2D eigenvalue weighted by molar-refractivity contribution is 5.93. The third-order valence-corrected chi connectivity index (χ3v) is 2.65. The minimum atomic E-state index is -0.496. The molecule has 5 nitrogen and oxygen atoms in total. The number of benzene rings is 1. The summed E-state index contributed by atoms with van der Waals surface area (Å²) in [5.41, 5.74) is 6.59. The number of hydrogen-bond donors (Lipinski definition) is 1. The summed E-state index contributed by atoms with van der Waals surface area (Å²) in [5.74, 6) is 0.582. The Labute approximate surface area is 117 Å². The molecule has 2 N–H and O–H groups in total. The quantitative estimate of drug-likeness (QED) is 0.874. The maximum atomic E-state index is 11.2. The number of nitrogens with zero attached hydrogens (tertiary/aromatic N) is 1. The molecule has 1 heterocycles. The van der Waals surface area contributed by atoms with E-state index in [-0.39, 0.29) is 0 Å². The van der Waals surface area contributed by atoms with Crippen LogP contribution in [0.25, 0.3) is 0 Å². The lowest BCUT2D eigenvalue weighted by Gasteiger charge is -2.12. The fraction of sp³-hybridized carbons (Fsp3) is 0.200. The molecular formula is C15H16N2O3. The van der Waals surface area contributed by atoms with Crippen molar-refractivity contribution in [1.82, 2.24) is 4.98 Å². The number of rotatable bonds is 6. The van der Waals surface area contributed by atoms with Gasteiger partial charge < -0.3 is 15.2 Å². The minimum absolute atomic E-state index is 0.379. The molecule has 0 aliphatic heterocycles. The van der Waals surface area contributed by atoms with Gasteiger partial charge in [-0.3, -0.25) is 9.78 Å². The van der Waals surface area contributed by atoms with Crippen molar-refractivity contribution < 1.29 is 14.3 Å². The first-order valence-electron chi connectivity index (χ1n) is 6.29. The second kappa shape index (κ2) is 6.56. The van der Waals surface area contributed by atoms with Gasteiger partial charge in [-0.2, -0.15) is 0 Å². The Bertz CT molecular complexity index is 585. The molecule has 0 spiro atoms. The van der Waals surface area contributed by atoms with Crippen molar-refractivity contribution in [2.45, 2.75) is 13.5 Å². The summed E-state index contributed by atoms with van der Waals surface area (Å²) in [5, 5.41) is 0. The number of carbonyl (C=O) groups excluding carboxylic acids is 1. The van der Waals surface area contributed by atoms with Crippen molar-refractivity contribution in [3.8, 4) is 11.5 Å². The maximum absolute atomic E-state index is 11.2. The molecule has 1 aromatic carbocycles. The maximum Gasteiger partial charge on any atom is 0.248 e. The fourth-order valence-corrected chi connectivity index (χ4v) is 1.69. The van der Waals surface area contributed by atoms with Crippen LogP contribution in [0.1, 0.15) is 22.8 Å². The van der Waals surface area contributed by atoms with E-state index in [0.717, 1.165) is 5.56 Å². The van der Waals surface area contributed by atoms with Crippen molar-refractivity contribution in [2.75, 3.05) is 6.61 Å². The molecule has 0 saturated heterocycles. The van der Waals surface area contributed by atoms with E-state index in [0.29, 0.717) is 30.3 Å². The molecule has 1 aromatic heterocycles. The highest BCUT2D eigenvalue weighted by Crippen LogP contribution is 2.29. The zero-order valence-corrected chi connectivity index (χ0v) is 11.2. The smallest absolute Gasteiger partial charge is 0.248 e. The molecule has 5 heteroatoms. The zero-order valence-electron chi connectivity index (χ0n) is 11.2. The van der Waals surface area contributed by atoms with Crippen LogP contribution in [0, 0.1) is 0 Å². The average molecular weight is 272 g/mol. The Morgan fingerprint density at radius 1 is 1.25 bits per heavy atom. The first kappa shape index (κ1) is 13.9. The molecule has 0 radical (unpaired) electrons. The van der Waals surface area contributed by atoms with Crippen LogP contribution < -0.4 is 15.2 Å². The van der Waals surface area contributed by atoms with E-state index in [4.69, 9.17) is 15.2 Å². The lowest BCUT2D eigenvalue weighted by atomic mass is 10.2. The number of pyridine rings is 1. The van der Waals surface area contributed by atoms with Crippen molar-refractivity contribution in [3.05, 3.63) is 53.9 Å². The number of amides is 1. The van der Waals surface area contributed by atoms with E-state index in [1.165, 1.54) is 0 Å². The summed E-state index contributed by atoms with van der Waals surface area (Å²) in [6.45, 7) is 2.72. The van der Waals surface area contributed by atoms with E-state index < -0.39 is 5.91 Å². The molecule has 20 heavy (non-hydrogen) atoms. The summed E-state index contributed by atoms with van der Waals surface area (Å²) in [7, 11) is 0. The third-order valence-electron chi connectivity index (χ3n) is 2.65. The number of ether oxygens (including phenoxy) is 2. The number of carbonyl (C=O) groups is 1. The molecule has 104 valence electrons. The van der Waals surface area contributed by atoms with Gasteiger partial charge in [0.2, 0.25) is 5.91 Å². The molecule has 0 fully saturated rings. The van der Waals surface area contributed by atoms with Crippen LogP contribution in [0.2, 0.25) is 0 Å². The van der Waals surface area contributed by atoms with Gasteiger partial charge in [-0.05, 0) is 31.2 Å². The van der Waals surface area contributed by atoms with Gasteiger partial charge in [0.25, 0.3) is 0 Å². The van der Waals surface area contributed by atoms with E-state index in [9.17, 15) is 4.79 Å². The fourth-order valence-electron chi connectivity index (χ4n) is 1.69. The second-order valence-electron chi connectivity index (χ2n) is 4.11. The predicted molar refractivity (Wildman–Crippen MR) is 74.7 cm³/mol. The summed E-state index contributed by atoms with van der Waals surface area (Å²) >= 11 is 0. The first-order chi connectivity index (χ1) is 9.70. The topological polar surface area (TPSA) is 74.4 Å². The Morgan fingerprint density at radius 3 is 2.75 bits per heavy atom. The highest BCUT2D eigenvalue weighted by atomic mass is 16.5. The average Bonchev–Trinajstić information content (AvgIpc) is 2.47. The number of primary amides is 1. The molecule has 0 aliphatic carbocycles. The normalized spacial score (nSPS) is 10.1. The van der Waals surface area contributed by atoms with E-state index in [2.05, 4.69) is 4.98 Å². The van der Waals surface area contributed by atoms with Crippen LogP contribution in [-0.2, 0) is 6.61 Å². The molecule has 0 bridgehead atoms. The minimum Gasteiger partial charge on any atom is -0.490 e. The van der Waals surface area contributed by atoms with Gasteiger partial charge in [-0.15, -0.1) is 0 Å². The number of hydrogen-bond acceptors (Lipinski definition) is 4. The Kier molecular flexibility index (Phi) is 4.55. The monoisotopic (exact) mass is 272 g/mol. The number of nitrogens with two attached hydrogens (primary N) is 1. The van der Waals surface area contributed by atoms with E-state index in [1.54, 1.807) is 30.6 Å². The van der Waals surface area contributed by atoms with Crippen LogP contribution in [0.5, 0.6) is 11.5 Å². The van der Waals surface area contributed by atoms with Crippen molar-refractivity contribution in [2.24, 2.45) is 5.73 Å². The Morgan fingerprint density at radius 2 is 2.10 bits per heavy atom. The highest BCUT2D eigenvalue weighted by Gasteiger charge is 2.09. The van der Waals surface area contributed by atoms with Gasteiger partial charge in [0.15, 0.2) is 11.5 Å². The summed E-state index contributed by atoms with van der Waals surface area (Å²) in [6, 6.07) is 8.65. The molecule has 0 unspecified atom stereocenters. The largest absolute Gasteiger partial charge is 0.490 e. The number of aromatic nitrogens is 1. The molecule has 2 aromatic rings. The van der Waals surface area contributed by atoms with Crippen molar-refractivity contribution in [1.29, 1.82) is 0 Å². The predicted octanol–water partition coefficient (Wildman–Crippen LogP) is 2.16. The third kappa shape index (κ3) is 3.47. The van der Waals surface area contributed by atoms with Gasteiger partial charge in [0.05, 0.1) is 6.61 Å². The molecule has 2 rings (SSSR count). The molecule has 0 atom stereocenters. The van der Waals surface area contributed by atoms with E-state index >= 15 is 0 Å². The Balaban J connectivity index is 2.16. The van der Waals surface area contributed by atoms with Gasteiger partial charge in [0, 0.05) is 23.5 Å². The SMILES string of the molecule is CCOc1cc(C(N)=O)ccc1OCc1cccnc1. The van der Waals surface area contributed by atoms with Crippen molar-refractivity contribution >= 4 is 5.91 Å². The van der Waals surface area contributed by atoms with Crippen molar-refractivity contribution in [3.63, 3.8) is 0 Å². The second-order valence-corrected chi connectivity index (χ2v) is 4.11. The Hall–Kier alpha value is -2.56. The summed E-state index contributed by atoms with van der Waals surface area (Å²) < 4.78 is 11.2. The van der Waals surface area contributed by atoms with E-state index in [1.807, 2.05) is 19.1 Å². The summed E-state index contributed by atoms with van der Waals surface area (Å²) in [4.78, 5) is 15.2. The molecule has 0 aliphatic rings. The van der Waals surface area contributed by atoms with Gasteiger partial charge in [-0.1, -0.05) is 6.07 Å². The van der Waals surface area contributed by atoms with Crippen LogP contribution in [-0.4, -0.2) is 17.5 Å². The van der Waals surface area contributed by atoms with Gasteiger partial charge in [0.1, 0.15) is 6.61 Å². The van der Waals surface area contributed by atoms with Gasteiger partial charge in [-0.25, -0.2) is 0 Å². The molecule has 0 saturated carbocycles. The molecule has 1 amide bonds. The standard InChI is InChI=1S/C15H16N2O3/c1-2-19-14-8-12(15(16)18)5-6-13(14)20-10-11-4-3-7-17-9-11/h3-9H,2,10H2,1H3,(H2,16,18). The lowest BCUT2D eigenvalue weighted by Crippen LogP contribution is -2.11. The van der Waals surface area contributed by atoms with Crippen LogP contribution in [0.15, 0.2) is 42.7 Å². The molecular weight excluding hydrogens is 256 g/mol. The first-order valence-corrected chi connectivity index (χ1v) is 6.29. The van der Waals surface area contributed by atoms with Crippen LogP contribution in [0.4, 0.5) is 0 Å². The zero-order chi connectivity index (χ0) is 14.4. The van der Waals surface area contributed by atoms with Crippen LogP contribution in [0.3, 0.4) is 0 Å². The lowest BCUT2D eigenvalue weighted by molar-refractivity contribution is 0.0999. The summed E-state index contributed by atoms with van der Waals surface area (Å²) in [6.07, 6.45) is 3.44.